The van der Waals surface area contributed by atoms with Crippen LogP contribution in [0.1, 0.15) is 148 Å². The number of alkyl halides is 1. The van der Waals surface area contributed by atoms with Crippen molar-refractivity contribution in [2.75, 3.05) is 10.2 Å². The van der Waals surface area contributed by atoms with Crippen molar-refractivity contribution in [1.29, 1.82) is 0 Å². The smallest absolute Gasteiger partial charge is 0.000209 e. The zero-order valence-electron chi connectivity index (χ0n) is 20.5. The maximum atomic E-state index is 4.54. The van der Waals surface area contributed by atoms with E-state index in [2.05, 4.69) is 42.1 Å². The second-order valence-corrected chi connectivity index (χ2v) is 11.9. The van der Waals surface area contributed by atoms with Crippen molar-refractivity contribution in [2.24, 2.45) is 17.8 Å². The Morgan fingerprint density at radius 1 is 0.533 bits per heavy atom. The van der Waals surface area contributed by atoms with Crippen LogP contribution in [0.15, 0.2) is 0 Å². The molecule has 0 N–H and O–H groups in total. The van der Waals surface area contributed by atoms with Gasteiger partial charge in [0.15, 0.2) is 0 Å². The van der Waals surface area contributed by atoms with E-state index < -0.39 is 0 Å². The molecule has 0 amide bonds. The second kappa shape index (κ2) is 21.9. The van der Waals surface area contributed by atoms with Gasteiger partial charge in [0.05, 0.1) is 0 Å². The third-order valence-corrected chi connectivity index (χ3v) is 8.56. The summed E-state index contributed by atoms with van der Waals surface area (Å²) in [7, 11) is 0. The summed E-state index contributed by atoms with van der Waals surface area (Å²) in [5.41, 5.74) is 0. The molecule has 0 aromatic carbocycles. The first-order valence-corrected chi connectivity index (χ1v) is 16.1. The molecular formula is C28H55IS. The highest BCUT2D eigenvalue weighted by atomic mass is 127. The lowest BCUT2D eigenvalue weighted by atomic mass is 9.88. The normalized spacial score (nSPS) is 27.9. The van der Waals surface area contributed by atoms with Crippen LogP contribution >= 0.6 is 35.2 Å². The number of halogens is 1. The zero-order valence-corrected chi connectivity index (χ0v) is 23.6. The van der Waals surface area contributed by atoms with E-state index in [4.69, 9.17) is 0 Å². The SMILES string of the molecule is CCCC1CCCCCCCCC(CCS)CCCCCCC(CCI)CCCC1. The summed E-state index contributed by atoms with van der Waals surface area (Å²) in [5, 5.41) is 0. The van der Waals surface area contributed by atoms with Crippen molar-refractivity contribution in [3.63, 3.8) is 0 Å². The Kier molecular flexibility index (Phi) is 21.3. The average Bonchev–Trinajstić information content (AvgIpc) is 2.74. The Morgan fingerprint density at radius 3 is 1.23 bits per heavy atom. The minimum atomic E-state index is 0.957. The second-order valence-electron chi connectivity index (χ2n) is 10.4. The van der Waals surface area contributed by atoms with Crippen molar-refractivity contribution in [3.8, 4) is 0 Å². The Balaban J connectivity index is 2.46. The van der Waals surface area contributed by atoms with Gasteiger partial charge in [-0.15, -0.1) is 0 Å². The molecule has 180 valence electrons. The summed E-state index contributed by atoms with van der Waals surface area (Å²) >= 11 is 7.14. The lowest BCUT2D eigenvalue weighted by molar-refractivity contribution is 0.355. The molecule has 0 aromatic heterocycles. The van der Waals surface area contributed by atoms with Crippen molar-refractivity contribution in [3.05, 3.63) is 0 Å². The predicted octanol–water partition coefficient (Wildman–Crippen LogP) is 10.8. The Bertz CT molecular complexity index is 346. The summed E-state index contributed by atoms with van der Waals surface area (Å²) in [6.07, 6.45) is 32.4. The van der Waals surface area contributed by atoms with Gasteiger partial charge in [-0.1, -0.05) is 158 Å². The maximum Gasteiger partial charge on any atom is -0.000209 e. The first-order chi connectivity index (χ1) is 14.8. The molecule has 0 saturated heterocycles. The number of hydrogen-bond donors (Lipinski definition) is 1. The highest BCUT2D eigenvalue weighted by Gasteiger charge is 2.12. The molecule has 1 aliphatic carbocycles. The molecule has 1 aliphatic rings. The minimum absolute atomic E-state index is 0.957. The van der Waals surface area contributed by atoms with E-state index >= 15 is 0 Å². The predicted molar refractivity (Wildman–Crippen MR) is 150 cm³/mol. The minimum Gasteiger partial charge on any atom is -0.179 e. The van der Waals surface area contributed by atoms with E-state index in [1.54, 1.807) is 0 Å². The third-order valence-electron chi connectivity index (χ3n) is 7.68. The van der Waals surface area contributed by atoms with Gasteiger partial charge >= 0.3 is 0 Å². The van der Waals surface area contributed by atoms with E-state index in [0.29, 0.717) is 0 Å². The van der Waals surface area contributed by atoms with Crippen LogP contribution in [0.3, 0.4) is 0 Å². The average molecular weight is 551 g/mol. The largest absolute Gasteiger partial charge is 0.179 e. The molecule has 0 radical (unpaired) electrons. The van der Waals surface area contributed by atoms with Gasteiger partial charge in [0.2, 0.25) is 0 Å². The number of thiol groups is 1. The van der Waals surface area contributed by atoms with Gasteiger partial charge in [0.1, 0.15) is 0 Å². The highest BCUT2D eigenvalue weighted by Crippen LogP contribution is 2.27. The zero-order chi connectivity index (χ0) is 21.7. The fourth-order valence-corrected chi connectivity index (χ4v) is 6.95. The Morgan fingerprint density at radius 2 is 0.867 bits per heavy atom. The maximum absolute atomic E-state index is 4.54. The van der Waals surface area contributed by atoms with Crippen molar-refractivity contribution >= 4 is 35.2 Å². The van der Waals surface area contributed by atoms with Crippen LogP contribution < -0.4 is 0 Å². The monoisotopic (exact) mass is 550 g/mol. The third kappa shape index (κ3) is 16.7. The molecule has 0 heterocycles. The molecule has 1 rings (SSSR count). The standard InChI is InChI=1S/C28H55IS/c1-2-15-26-16-9-5-3-4-6-10-18-28(23-25-30)19-12-8-7-11-17-27(22-24-29)21-14-13-20-26/h26-28,30H,2-25H2,1H3. The summed E-state index contributed by atoms with van der Waals surface area (Å²) < 4.78 is 1.35. The first-order valence-electron chi connectivity index (χ1n) is 14.0. The van der Waals surface area contributed by atoms with E-state index in [-0.39, 0.29) is 0 Å². The van der Waals surface area contributed by atoms with Gasteiger partial charge in [-0.3, -0.25) is 0 Å². The van der Waals surface area contributed by atoms with Gasteiger partial charge < -0.3 is 0 Å². The van der Waals surface area contributed by atoms with Crippen LogP contribution in [0.2, 0.25) is 0 Å². The van der Waals surface area contributed by atoms with Gasteiger partial charge in [-0.25, -0.2) is 0 Å². The first kappa shape index (κ1) is 29.1. The highest BCUT2D eigenvalue weighted by molar-refractivity contribution is 14.1. The van der Waals surface area contributed by atoms with Crippen LogP contribution in [-0.2, 0) is 0 Å². The molecule has 1 fully saturated rings. The van der Waals surface area contributed by atoms with Crippen LogP contribution in [-0.4, -0.2) is 10.2 Å². The van der Waals surface area contributed by atoms with Gasteiger partial charge in [0, 0.05) is 0 Å². The molecule has 0 nitrogen and oxygen atoms in total. The molecule has 2 heteroatoms. The van der Waals surface area contributed by atoms with E-state index in [1.165, 1.54) is 146 Å². The lowest BCUT2D eigenvalue weighted by Crippen LogP contribution is -2.04. The van der Waals surface area contributed by atoms with Crippen LogP contribution in [0.5, 0.6) is 0 Å². The molecule has 3 unspecified atom stereocenters. The molecule has 0 aliphatic heterocycles. The molecule has 30 heavy (non-hydrogen) atoms. The topological polar surface area (TPSA) is 0 Å². The molecule has 3 atom stereocenters. The fourth-order valence-electron chi connectivity index (χ4n) is 5.70. The number of rotatable bonds is 6. The van der Waals surface area contributed by atoms with Crippen molar-refractivity contribution in [2.45, 2.75) is 148 Å². The Labute approximate surface area is 210 Å². The lowest BCUT2D eigenvalue weighted by Gasteiger charge is -2.18. The van der Waals surface area contributed by atoms with Crippen molar-refractivity contribution in [1.82, 2.24) is 0 Å². The van der Waals surface area contributed by atoms with Gasteiger partial charge in [-0.2, -0.15) is 12.6 Å². The van der Waals surface area contributed by atoms with E-state index in [9.17, 15) is 0 Å². The molecule has 0 bridgehead atoms. The summed E-state index contributed by atoms with van der Waals surface area (Å²) in [6.45, 7) is 2.39. The van der Waals surface area contributed by atoms with Crippen LogP contribution in [0.4, 0.5) is 0 Å². The van der Waals surface area contributed by atoms with Crippen LogP contribution in [0.25, 0.3) is 0 Å². The van der Waals surface area contributed by atoms with E-state index in [1.807, 2.05) is 0 Å². The van der Waals surface area contributed by atoms with Crippen molar-refractivity contribution < 1.29 is 0 Å². The quantitative estimate of drug-likeness (QED) is 0.190. The summed E-state index contributed by atoms with van der Waals surface area (Å²) in [5.74, 6) is 4.08. The number of hydrogen-bond acceptors (Lipinski definition) is 1. The van der Waals surface area contributed by atoms with Gasteiger partial charge in [0.25, 0.3) is 0 Å². The van der Waals surface area contributed by atoms with Gasteiger partial charge in [-0.05, 0) is 40.8 Å². The molecular weight excluding hydrogens is 495 g/mol. The summed E-state index contributed by atoms with van der Waals surface area (Å²) in [4.78, 5) is 0. The Hall–Kier alpha value is 1.08. The molecule has 0 aromatic rings. The molecule has 1 saturated carbocycles. The van der Waals surface area contributed by atoms with Crippen LogP contribution in [0, 0.1) is 17.8 Å². The molecule has 0 spiro atoms. The summed E-state index contributed by atoms with van der Waals surface area (Å²) in [6, 6.07) is 0. The van der Waals surface area contributed by atoms with E-state index in [0.717, 1.165) is 23.5 Å². The fraction of sp³-hybridized carbons (Fsp3) is 1.00.